The summed E-state index contributed by atoms with van der Waals surface area (Å²) in [6.07, 6.45) is 0. The van der Waals surface area contributed by atoms with Gasteiger partial charge < -0.3 is 19.5 Å². The van der Waals surface area contributed by atoms with Crippen LogP contribution >= 0.6 is 15.9 Å². The van der Waals surface area contributed by atoms with Crippen molar-refractivity contribution in [1.82, 2.24) is 10.1 Å². The second-order valence-corrected chi connectivity index (χ2v) is 6.14. The number of carbonyl (C=O) groups is 1. The van der Waals surface area contributed by atoms with E-state index in [9.17, 15) is 15.0 Å². The van der Waals surface area contributed by atoms with E-state index in [2.05, 4.69) is 26.1 Å². The van der Waals surface area contributed by atoms with Crippen LogP contribution < -0.4 is 0 Å². The molecular formula is C17H13BrN2O5. The fraction of sp³-hybridized carbons (Fsp3) is 0.118. The zero-order chi connectivity index (χ0) is 18.0. The van der Waals surface area contributed by atoms with Crippen LogP contribution in [-0.2, 0) is 11.3 Å². The van der Waals surface area contributed by atoms with Crippen LogP contribution in [-0.4, -0.2) is 26.3 Å². The molecule has 0 radical (unpaired) electrons. The highest BCUT2D eigenvalue weighted by molar-refractivity contribution is 9.10. The van der Waals surface area contributed by atoms with Crippen molar-refractivity contribution in [2.75, 3.05) is 0 Å². The average molecular weight is 405 g/mol. The molecule has 25 heavy (non-hydrogen) atoms. The summed E-state index contributed by atoms with van der Waals surface area (Å²) in [6.45, 7) is 1.35. The lowest BCUT2D eigenvalue weighted by Crippen LogP contribution is -2.06. The summed E-state index contributed by atoms with van der Waals surface area (Å²) in [7, 11) is 0. The summed E-state index contributed by atoms with van der Waals surface area (Å²) < 4.78 is 11.0. The Balaban J connectivity index is 1.70. The number of esters is 1. The van der Waals surface area contributed by atoms with Crippen molar-refractivity contribution in [2.45, 2.75) is 13.5 Å². The van der Waals surface area contributed by atoms with Gasteiger partial charge in [-0.15, -0.1) is 0 Å². The topological polar surface area (TPSA) is 106 Å². The maximum absolute atomic E-state index is 12.0. The quantitative estimate of drug-likeness (QED) is 0.505. The van der Waals surface area contributed by atoms with Crippen LogP contribution in [0.2, 0.25) is 0 Å². The van der Waals surface area contributed by atoms with Crippen molar-refractivity contribution < 1.29 is 24.3 Å². The minimum atomic E-state index is -0.810. The van der Waals surface area contributed by atoms with Crippen LogP contribution in [0.4, 0.5) is 0 Å². The van der Waals surface area contributed by atoms with Crippen LogP contribution in [0.1, 0.15) is 21.8 Å². The maximum atomic E-state index is 12.0. The predicted octanol–water partition coefficient (Wildman–Crippen LogP) is 3.58. The third-order valence-corrected chi connectivity index (χ3v) is 3.94. The first-order valence-corrected chi connectivity index (χ1v) is 8.02. The second-order valence-electron chi connectivity index (χ2n) is 5.23. The number of hydrogen-bond donors (Lipinski definition) is 2. The van der Waals surface area contributed by atoms with E-state index in [0.29, 0.717) is 11.4 Å². The molecule has 3 aromatic rings. The summed E-state index contributed by atoms with van der Waals surface area (Å²) in [5.74, 6) is -1.22. The monoisotopic (exact) mass is 404 g/mol. The number of rotatable bonds is 4. The molecular weight excluding hydrogens is 392 g/mol. The molecule has 0 aliphatic carbocycles. The third kappa shape index (κ3) is 3.63. The van der Waals surface area contributed by atoms with E-state index < -0.39 is 11.7 Å². The van der Waals surface area contributed by atoms with Crippen LogP contribution in [0.15, 0.2) is 45.4 Å². The Kier molecular flexibility index (Phi) is 4.71. The standard InChI is InChI=1S/C17H13BrN2O5/c1-9-5-6-12(15(22)14(9)21)17(23)24-8-13-19-16(20-25-13)10-3-2-4-11(18)7-10/h2-7,21-22H,8H2,1H3. The highest BCUT2D eigenvalue weighted by atomic mass is 79.9. The molecule has 1 aromatic heterocycles. The van der Waals surface area contributed by atoms with Crippen LogP contribution in [0, 0.1) is 6.92 Å². The number of halogens is 1. The number of phenols is 2. The molecule has 0 amide bonds. The lowest BCUT2D eigenvalue weighted by molar-refractivity contribution is 0.0426. The summed E-state index contributed by atoms with van der Waals surface area (Å²) >= 11 is 3.36. The van der Waals surface area contributed by atoms with E-state index in [1.807, 2.05) is 24.3 Å². The highest BCUT2D eigenvalue weighted by Crippen LogP contribution is 2.32. The molecule has 0 unspecified atom stereocenters. The third-order valence-electron chi connectivity index (χ3n) is 3.45. The Morgan fingerprint density at radius 1 is 1.24 bits per heavy atom. The number of phenolic OH excluding ortho intramolecular Hbond substituents is 2. The summed E-state index contributed by atoms with van der Waals surface area (Å²) in [5, 5.41) is 23.3. The molecule has 0 atom stereocenters. The molecule has 2 N–H and O–H groups in total. The van der Waals surface area contributed by atoms with E-state index >= 15 is 0 Å². The van der Waals surface area contributed by atoms with E-state index in [1.54, 1.807) is 6.92 Å². The Hall–Kier alpha value is -2.87. The fourth-order valence-electron chi connectivity index (χ4n) is 2.11. The normalized spacial score (nSPS) is 10.6. The number of carbonyl (C=O) groups excluding carboxylic acids is 1. The van der Waals surface area contributed by atoms with Crippen molar-refractivity contribution >= 4 is 21.9 Å². The summed E-state index contributed by atoms with van der Waals surface area (Å²) in [5.41, 5.74) is 1.05. The van der Waals surface area contributed by atoms with Gasteiger partial charge in [0.1, 0.15) is 5.56 Å². The van der Waals surface area contributed by atoms with Gasteiger partial charge in [0.2, 0.25) is 5.82 Å². The van der Waals surface area contributed by atoms with Crippen LogP contribution in [0.5, 0.6) is 11.5 Å². The number of ether oxygens (including phenoxy) is 1. The molecule has 0 aliphatic rings. The fourth-order valence-corrected chi connectivity index (χ4v) is 2.51. The largest absolute Gasteiger partial charge is 0.504 e. The van der Waals surface area contributed by atoms with Gasteiger partial charge >= 0.3 is 5.97 Å². The molecule has 0 aliphatic heterocycles. The van der Waals surface area contributed by atoms with Crippen LogP contribution in [0.25, 0.3) is 11.4 Å². The van der Waals surface area contributed by atoms with Crippen molar-refractivity contribution in [3.8, 4) is 22.9 Å². The van der Waals surface area contributed by atoms with Gasteiger partial charge in [0.05, 0.1) is 0 Å². The minimum absolute atomic E-state index is 0.110. The van der Waals surface area contributed by atoms with Gasteiger partial charge in [0.25, 0.3) is 5.89 Å². The average Bonchev–Trinajstić information content (AvgIpc) is 3.07. The Labute approximate surface area is 151 Å². The molecule has 2 aromatic carbocycles. The van der Waals surface area contributed by atoms with E-state index in [-0.39, 0.29) is 23.8 Å². The molecule has 0 fully saturated rings. The zero-order valence-corrected chi connectivity index (χ0v) is 14.6. The number of nitrogens with zero attached hydrogens (tertiary/aromatic N) is 2. The van der Waals surface area contributed by atoms with Crippen molar-refractivity contribution in [1.29, 1.82) is 0 Å². The highest BCUT2D eigenvalue weighted by Gasteiger charge is 2.18. The number of aromatic nitrogens is 2. The first kappa shape index (κ1) is 17.0. The Bertz CT molecular complexity index is 939. The first-order chi connectivity index (χ1) is 12.0. The van der Waals surface area contributed by atoms with Gasteiger partial charge in [-0.25, -0.2) is 4.79 Å². The predicted molar refractivity (Wildman–Crippen MR) is 91.1 cm³/mol. The summed E-state index contributed by atoms with van der Waals surface area (Å²) in [6, 6.07) is 10.2. The maximum Gasteiger partial charge on any atom is 0.342 e. The van der Waals surface area contributed by atoms with Crippen molar-refractivity contribution in [3.63, 3.8) is 0 Å². The van der Waals surface area contributed by atoms with E-state index in [1.165, 1.54) is 12.1 Å². The summed E-state index contributed by atoms with van der Waals surface area (Å²) in [4.78, 5) is 16.2. The number of benzene rings is 2. The van der Waals surface area contributed by atoms with Gasteiger partial charge in [-0.2, -0.15) is 4.98 Å². The van der Waals surface area contributed by atoms with Gasteiger partial charge in [0, 0.05) is 10.0 Å². The molecule has 0 saturated heterocycles. The number of aromatic hydroxyl groups is 2. The smallest absolute Gasteiger partial charge is 0.342 e. The molecule has 1 heterocycles. The van der Waals surface area contributed by atoms with Gasteiger partial charge in [-0.05, 0) is 30.7 Å². The van der Waals surface area contributed by atoms with Gasteiger partial charge in [0.15, 0.2) is 18.1 Å². The molecule has 7 nitrogen and oxygen atoms in total. The van der Waals surface area contributed by atoms with Crippen molar-refractivity contribution in [2.24, 2.45) is 0 Å². The molecule has 8 heteroatoms. The molecule has 128 valence electrons. The minimum Gasteiger partial charge on any atom is -0.504 e. The van der Waals surface area contributed by atoms with E-state index in [0.717, 1.165) is 10.0 Å². The zero-order valence-electron chi connectivity index (χ0n) is 13.1. The number of aryl methyl sites for hydroxylation is 1. The molecule has 0 spiro atoms. The van der Waals surface area contributed by atoms with Crippen LogP contribution in [0.3, 0.4) is 0 Å². The van der Waals surface area contributed by atoms with E-state index in [4.69, 9.17) is 9.26 Å². The molecule has 0 bridgehead atoms. The molecule has 3 rings (SSSR count). The second kappa shape index (κ2) is 6.94. The van der Waals surface area contributed by atoms with Gasteiger partial charge in [-0.1, -0.05) is 39.3 Å². The number of hydrogen-bond acceptors (Lipinski definition) is 7. The Morgan fingerprint density at radius 2 is 2.04 bits per heavy atom. The first-order valence-electron chi connectivity index (χ1n) is 7.23. The van der Waals surface area contributed by atoms with Crippen molar-refractivity contribution in [3.05, 3.63) is 57.9 Å². The lowest BCUT2D eigenvalue weighted by Gasteiger charge is -2.07. The Morgan fingerprint density at radius 3 is 2.80 bits per heavy atom. The molecule has 0 saturated carbocycles. The lowest BCUT2D eigenvalue weighted by atomic mass is 10.1. The van der Waals surface area contributed by atoms with Gasteiger partial charge in [-0.3, -0.25) is 0 Å². The SMILES string of the molecule is Cc1ccc(C(=O)OCc2nc(-c3cccc(Br)c3)no2)c(O)c1O.